The van der Waals surface area contributed by atoms with Gasteiger partial charge in [0.15, 0.2) is 0 Å². The predicted molar refractivity (Wildman–Crippen MR) is 90.1 cm³/mol. The van der Waals surface area contributed by atoms with E-state index in [1.54, 1.807) is 6.20 Å². The molecule has 0 radical (unpaired) electrons. The van der Waals surface area contributed by atoms with E-state index in [0.29, 0.717) is 12.6 Å². The molecular formula is C19H19ClN2O. The van der Waals surface area contributed by atoms with Crippen LogP contribution in [0.5, 0.6) is 0 Å². The standard InChI is InChI=1S/C19H19ClN2O/c20-18-6-2-1-5-15(18)16-10-17(16)19(23)22(14-7-8-14)12-13-4-3-9-21-11-13/h1-6,9,11,14,16-17H,7-8,10,12H2. The van der Waals surface area contributed by atoms with Crippen molar-refractivity contribution in [2.75, 3.05) is 0 Å². The van der Waals surface area contributed by atoms with Crippen molar-refractivity contribution < 1.29 is 4.79 Å². The molecule has 1 aromatic carbocycles. The van der Waals surface area contributed by atoms with Crippen molar-refractivity contribution in [3.05, 3.63) is 64.9 Å². The second kappa shape index (κ2) is 5.97. The van der Waals surface area contributed by atoms with Gasteiger partial charge in [-0.05, 0) is 48.4 Å². The van der Waals surface area contributed by atoms with Crippen LogP contribution in [0.3, 0.4) is 0 Å². The number of carbonyl (C=O) groups is 1. The Labute approximate surface area is 141 Å². The minimum Gasteiger partial charge on any atom is -0.335 e. The van der Waals surface area contributed by atoms with Gasteiger partial charge >= 0.3 is 0 Å². The minimum atomic E-state index is 0.0900. The maximum Gasteiger partial charge on any atom is 0.226 e. The number of benzene rings is 1. The number of nitrogens with zero attached hydrogens (tertiary/aromatic N) is 2. The zero-order valence-electron chi connectivity index (χ0n) is 12.9. The Balaban J connectivity index is 1.48. The molecule has 1 amide bonds. The highest BCUT2D eigenvalue weighted by Gasteiger charge is 2.48. The molecule has 2 atom stereocenters. The summed E-state index contributed by atoms with van der Waals surface area (Å²) >= 11 is 6.28. The van der Waals surface area contributed by atoms with Crippen molar-refractivity contribution in [2.45, 2.75) is 37.8 Å². The van der Waals surface area contributed by atoms with Gasteiger partial charge in [0.25, 0.3) is 0 Å². The zero-order valence-corrected chi connectivity index (χ0v) is 13.6. The fourth-order valence-corrected chi connectivity index (χ4v) is 3.54. The smallest absolute Gasteiger partial charge is 0.226 e. The summed E-state index contributed by atoms with van der Waals surface area (Å²) in [7, 11) is 0. The molecule has 2 aliphatic carbocycles. The first-order valence-corrected chi connectivity index (χ1v) is 8.55. The Morgan fingerprint density at radius 3 is 2.74 bits per heavy atom. The fraction of sp³-hybridized carbons (Fsp3) is 0.368. The lowest BCUT2D eigenvalue weighted by molar-refractivity contribution is -0.133. The van der Waals surface area contributed by atoms with Crippen molar-refractivity contribution in [2.24, 2.45) is 5.92 Å². The number of halogens is 1. The molecule has 2 aliphatic rings. The quantitative estimate of drug-likeness (QED) is 0.831. The summed E-state index contributed by atoms with van der Waals surface area (Å²) in [6.45, 7) is 0.670. The van der Waals surface area contributed by atoms with Gasteiger partial charge in [-0.25, -0.2) is 0 Å². The number of rotatable bonds is 5. The molecule has 2 aromatic rings. The zero-order chi connectivity index (χ0) is 15.8. The average molecular weight is 327 g/mol. The van der Waals surface area contributed by atoms with Gasteiger partial charge in [0.2, 0.25) is 5.91 Å². The largest absolute Gasteiger partial charge is 0.335 e. The van der Waals surface area contributed by atoms with Crippen LogP contribution in [0.25, 0.3) is 0 Å². The lowest BCUT2D eigenvalue weighted by atomic mass is 10.1. The van der Waals surface area contributed by atoms with E-state index in [9.17, 15) is 4.79 Å². The Bertz CT molecular complexity index is 714. The molecule has 2 unspecified atom stereocenters. The summed E-state index contributed by atoms with van der Waals surface area (Å²) < 4.78 is 0. The number of hydrogen-bond donors (Lipinski definition) is 0. The number of amides is 1. The van der Waals surface area contributed by atoms with Crippen molar-refractivity contribution >= 4 is 17.5 Å². The van der Waals surface area contributed by atoms with E-state index in [2.05, 4.69) is 9.88 Å². The Morgan fingerprint density at radius 1 is 1.22 bits per heavy atom. The van der Waals surface area contributed by atoms with Crippen LogP contribution in [0, 0.1) is 5.92 Å². The van der Waals surface area contributed by atoms with E-state index in [-0.39, 0.29) is 17.7 Å². The third kappa shape index (κ3) is 3.11. The van der Waals surface area contributed by atoms with E-state index in [4.69, 9.17) is 11.6 Å². The van der Waals surface area contributed by atoms with Crippen molar-refractivity contribution in [3.63, 3.8) is 0 Å². The van der Waals surface area contributed by atoms with Crippen LogP contribution in [0.2, 0.25) is 5.02 Å². The van der Waals surface area contributed by atoms with Crippen molar-refractivity contribution in [1.29, 1.82) is 0 Å². The van der Waals surface area contributed by atoms with Crippen LogP contribution >= 0.6 is 11.6 Å². The number of carbonyl (C=O) groups excluding carboxylic acids is 1. The highest BCUT2D eigenvalue weighted by molar-refractivity contribution is 6.31. The van der Waals surface area contributed by atoms with Crippen LogP contribution in [0.15, 0.2) is 48.8 Å². The topological polar surface area (TPSA) is 33.2 Å². The number of hydrogen-bond acceptors (Lipinski definition) is 2. The molecule has 2 saturated carbocycles. The van der Waals surface area contributed by atoms with E-state index >= 15 is 0 Å². The summed E-state index contributed by atoms with van der Waals surface area (Å²) in [5, 5.41) is 0.776. The molecule has 4 rings (SSSR count). The Morgan fingerprint density at radius 2 is 2.04 bits per heavy atom. The van der Waals surface area contributed by atoms with Gasteiger partial charge in [0, 0.05) is 35.9 Å². The summed E-state index contributed by atoms with van der Waals surface area (Å²) in [5.74, 6) is 0.653. The highest BCUT2D eigenvalue weighted by atomic mass is 35.5. The third-order valence-electron chi connectivity index (χ3n) is 4.76. The SMILES string of the molecule is O=C(C1CC1c1ccccc1Cl)N(Cc1cccnc1)C1CC1. The van der Waals surface area contributed by atoms with Crippen molar-refractivity contribution in [3.8, 4) is 0 Å². The Hall–Kier alpha value is -1.87. The highest BCUT2D eigenvalue weighted by Crippen LogP contribution is 2.51. The molecule has 1 heterocycles. The van der Waals surface area contributed by atoms with Crippen LogP contribution < -0.4 is 0 Å². The van der Waals surface area contributed by atoms with Gasteiger partial charge in [-0.1, -0.05) is 35.9 Å². The molecule has 0 N–H and O–H groups in total. The molecule has 2 fully saturated rings. The minimum absolute atomic E-state index is 0.0900. The fourth-order valence-electron chi connectivity index (χ4n) is 3.26. The van der Waals surface area contributed by atoms with Gasteiger partial charge in [0.1, 0.15) is 0 Å². The molecule has 3 nitrogen and oxygen atoms in total. The first-order valence-electron chi connectivity index (χ1n) is 8.18. The van der Waals surface area contributed by atoms with Crippen molar-refractivity contribution in [1.82, 2.24) is 9.88 Å². The van der Waals surface area contributed by atoms with Crippen LogP contribution in [0.1, 0.15) is 36.3 Å². The van der Waals surface area contributed by atoms with Crippen LogP contribution in [0.4, 0.5) is 0 Å². The maximum atomic E-state index is 12.9. The predicted octanol–water partition coefficient (Wildman–Crippen LogP) is 4.03. The van der Waals surface area contributed by atoms with Gasteiger partial charge in [-0.15, -0.1) is 0 Å². The summed E-state index contributed by atoms with van der Waals surface area (Å²) in [4.78, 5) is 19.2. The van der Waals surface area contributed by atoms with Crippen LogP contribution in [-0.2, 0) is 11.3 Å². The summed E-state index contributed by atoms with van der Waals surface area (Å²) in [6, 6.07) is 12.3. The molecule has 23 heavy (non-hydrogen) atoms. The molecular weight excluding hydrogens is 308 g/mol. The summed E-state index contributed by atoms with van der Waals surface area (Å²) in [5.41, 5.74) is 2.22. The molecule has 0 spiro atoms. The molecule has 0 aliphatic heterocycles. The Kier molecular flexibility index (Phi) is 3.82. The molecule has 118 valence electrons. The average Bonchev–Trinajstić information content (AvgIpc) is 3.47. The van der Waals surface area contributed by atoms with Gasteiger partial charge < -0.3 is 4.90 Å². The monoisotopic (exact) mass is 326 g/mol. The van der Waals surface area contributed by atoms with Gasteiger partial charge in [-0.3, -0.25) is 9.78 Å². The second-order valence-corrected chi connectivity index (χ2v) is 6.94. The lowest BCUT2D eigenvalue weighted by Gasteiger charge is -2.22. The molecule has 0 bridgehead atoms. The van der Waals surface area contributed by atoms with E-state index in [1.165, 1.54) is 0 Å². The summed E-state index contributed by atoms with van der Waals surface area (Å²) in [6.07, 6.45) is 6.77. The van der Waals surface area contributed by atoms with E-state index < -0.39 is 0 Å². The van der Waals surface area contributed by atoms with Crippen LogP contribution in [-0.4, -0.2) is 21.8 Å². The number of pyridine rings is 1. The normalized spacial score (nSPS) is 22.7. The van der Waals surface area contributed by atoms with Gasteiger partial charge in [0.05, 0.1) is 0 Å². The molecule has 4 heteroatoms. The third-order valence-corrected chi connectivity index (χ3v) is 5.10. The number of aromatic nitrogens is 1. The first-order chi connectivity index (χ1) is 11.2. The van der Waals surface area contributed by atoms with E-state index in [1.807, 2.05) is 42.6 Å². The first kappa shape index (κ1) is 14.7. The van der Waals surface area contributed by atoms with Gasteiger partial charge in [-0.2, -0.15) is 0 Å². The molecule has 0 saturated heterocycles. The second-order valence-electron chi connectivity index (χ2n) is 6.53. The maximum absolute atomic E-state index is 12.9. The molecule has 1 aromatic heterocycles. The van der Waals surface area contributed by atoms with E-state index in [0.717, 1.165) is 35.4 Å². The lowest BCUT2D eigenvalue weighted by Crippen LogP contribution is -2.34.